The van der Waals surface area contributed by atoms with Gasteiger partial charge in [-0.25, -0.2) is 0 Å². The van der Waals surface area contributed by atoms with Crippen molar-refractivity contribution in [1.82, 2.24) is 0 Å². The van der Waals surface area contributed by atoms with Crippen molar-refractivity contribution >= 4 is 31.6 Å². The van der Waals surface area contributed by atoms with E-state index < -0.39 is 8.07 Å². The molecule has 0 amide bonds. The lowest BCUT2D eigenvalue weighted by molar-refractivity contribution is 0.274. The van der Waals surface area contributed by atoms with Crippen molar-refractivity contribution in [3.8, 4) is 0 Å². The third kappa shape index (κ3) is 2.62. The van der Waals surface area contributed by atoms with Crippen LogP contribution in [0.1, 0.15) is 52.9 Å². The quantitative estimate of drug-likeness (QED) is 0.435. The molecule has 26 heavy (non-hydrogen) atoms. The van der Waals surface area contributed by atoms with E-state index >= 15 is 0 Å². The number of fused-ring (bicyclic) bond motifs is 4. The van der Waals surface area contributed by atoms with Crippen molar-refractivity contribution in [3.63, 3.8) is 0 Å². The minimum atomic E-state index is -1.35. The van der Waals surface area contributed by atoms with Crippen LogP contribution in [0.15, 0.2) is 22.0 Å². The van der Waals surface area contributed by atoms with Gasteiger partial charge in [0.1, 0.15) is 0 Å². The van der Waals surface area contributed by atoms with E-state index in [1.54, 1.807) is 29.1 Å². The average molecular weight is 405 g/mol. The highest BCUT2D eigenvalue weighted by molar-refractivity contribution is 8.05. The molecule has 2 aliphatic heterocycles. The third-order valence-electron chi connectivity index (χ3n) is 8.84. The second kappa shape index (κ2) is 6.45. The van der Waals surface area contributed by atoms with E-state index in [0.29, 0.717) is 0 Å². The van der Waals surface area contributed by atoms with Crippen molar-refractivity contribution in [2.45, 2.75) is 87.6 Å². The molecule has 0 radical (unpaired) electrons. The van der Waals surface area contributed by atoms with E-state index in [-0.39, 0.29) is 0 Å². The van der Waals surface area contributed by atoms with E-state index in [1.807, 2.05) is 0 Å². The Bertz CT molecular complexity index is 619. The van der Waals surface area contributed by atoms with Gasteiger partial charge in [-0.2, -0.15) is 0 Å². The fraction of sp³-hybridized carbons (Fsp3) is 0.826. The van der Waals surface area contributed by atoms with Crippen LogP contribution < -0.4 is 0 Å². The second-order valence-electron chi connectivity index (χ2n) is 10.7. The van der Waals surface area contributed by atoms with Crippen LogP contribution >= 0.6 is 23.5 Å². The van der Waals surface area contributed by atoms with Gasteiger partial charge in [-0.1, -0.05) is 57.9 Å². The van der Waals surface area contributed by atoms with Gasteiger partial charge in [-0.15, -0.1) is 23.5 Å². The van der Waals surface area contributed by atoms with E-state index in [0.717, 1.165) is 51.2 Å². The maximum atomic E-state index is 2.83. The summed E-state index contributed by atoms with van der Waals surface area (Å²) in [4.78, 5) is 3.23. The molecule has 0 bridgehead atoms. The molecule has 3 heteroatoms. The van der Waals surface area contributed by atoms with Gasteiger partial charge >= 0.3 is 0 Å². The Morgan fingerprint density at radius 2 is 1.46 bits per heavy atom. The van der Waals surface area contributed by atoms with Crippen molar-refractivity contribution in [2.24, 2.45) is 29.6 Å². The molecule has 3 fully saturated rings. The van der Waals surface area contributed by atoms with E-state index in [1.165, 1.54) is 12.8 Å². The van der Waals surface area contributed by atoms with Crippen LogP contribution in [-0.4, -0.2) is 18.6 Å². The van der Waals surface area contributed by atoms with Crippen LogP contribution in [0.4, 0.5) is 0 Å². The summed E-state index contributed by atoms with van der Waals surface area (Å²) in [6.45, 7) is 13.0. The average Bonchev–Trinajstić information content (AvgIpc) is 3.25. The number of allylic oxidation sites excluding steroid dienone is 4. The van der Waals surface area contributed by atoms with Gasteiger partial charge in [-0.3, -0.25) is 0 Å². The van der Waals surface area contributed by atoms with Crippen LogP contribution in [0.5, 0.6) is 0 Å². The van der Waals surface area contributed by atoms with Gasteiger partial charge in [0.15, 0.2) is 0 Å². The smallest absolute Gasteiger partial charge is 0.0566 e. The molecule has 5 aliphatic rings. The Labute approximate surface area is 170 Å². The van der Waals surface area contributed by atoms with Crippen molar-refractivity contribution in [1.29, 1.82) is 0 Å². The number of thioether (sulfide) groups is 2. The molecular weight excluding hydrogens is 368 g/mol. The maximum Gasteiger partial charge on any atom is 0.0566 e. The normalized spacial score (nSPS) is 50.3. The largest absolute Gasteiger partial charge is 0.127 e. The van der Waals surface area contributed by atoms with Gasteiger partial charge < -0.3 is 0 Å². The number of hydrogen-bond acceptors (Lipinski definition) is 2. The first-order valence-electron chi connectivity index (χ1n) is 11.1. The standard InChI is InChI=1S/C23H36S2Si/c1-13-10-16-8-6-7-9-17(16)22(13)26(4,5)23-20-18(11-14(2)24-20)19-12-15(3)25-21(19)23/h11-13,16-23H,6-10H2,1-5H3/t13?,16?,17?,18-,19?,20?,21?,22?,23?/m0/s1. The molecule has 0 aromatic heterocycles. The monoisotopic (exact) mass is 404 g/mol. The summed E-state index contributed by atoms with van der Waals surface area (Å²) < 4.78 is 0. The molecule has 9 atom stereocenters. The summed E-state index contributed by atoms with van der Waals surface area (Å²) in [5.41, 5.74) is 2.09. The third-order valence-corrected chi connectivity index (χ3v) is 17.3. The summed E-state index contributed by atoms with van der Waals surface area (Å²) in [6, 6.07) is 0. The van der Waals surface area contributed by atoms with E-state index in [2.05, 4.69) is 69.5 Å². The van der Waals surface area contributed by atoms with Gasteiger partial charge in [0, 0.05) is 10.5 Å². The van der Waals surface area contributed by atoms with Crippen molar-refractivity contribution in [3.05, 3.63) is 22.0 Å². The fourth-order valence-corrected chi connectivity index (χ4v) is 19.4. The predicted molar refractivity (Wildman–Crippen MR) is 121 cm³/mol. The zero-order valence-corrected chi connectivity index (χ0v) is 19.8. The number of rotatable bonds is 2. The first-order valence-corrected chi connectivity index (χ1v) is 16.0. The summed E-state index contributed by atoms with van der Waals surface area (Å²) in [6.07, 6.45) is 13.0. The first kappa shape index (κ1) is 18.4. The minimum absolute atomic E-state index is 0.839. The summed E-state index contributed by atoms with van der Waals surface area (Å²) in [5.74, 6) is 4.83. The predicted octanol–water partition coefficient (Wildman–Crippen LogP) is 7.57. The molecule has 0 N–H and O–H groups in total. The molecule has 8 unspecified atom stereocenters. The van der Waals surface area contributed by atoms with Gasteiger partial charge in [-0.05, 0) is 70.8 Å². The van der Waals surface area contributed by atoms with Crippen LogP contribution in [0, 0.1) is 29.6 Å². The molecule has 5 rings (SSSR count). The molecule has 0 aromatic carbocycles. The van der Waals surface area contributed by atoms with Gasteiger partial charge in [0.05, 0.1) is 8.07 Å². The minimum Gasteiger partial charge on any atom is -0.127 e. The Morgan fingerprint density at radius 1 is 0.885 bits per heavy atom. The Morgan fingerprint density at radius 3 is 2.08 bits per heavy atom. The lowest BCUT2D eigenvalue weighted by Crippen LogP contribution is -2.47. The molecular formula is C23H36S2Si. The SMILES string of the molecule is CC1=CC2C(S1)C([Si](C)(C)C1C(C)CC3CCCCC31)C1SC(C)=C[C@@H]21. The molecule has 0 aromatic rings. The fourth-order valence-electron chi connectivity index (χ4n) is 8.27. The Kier molecular flexibility index (Phi) is 4.57. The van der Waals surface area contributed by atoms with Crippen LogP contribution in [0.25, 0.3) is 0 Å². The van der Waals surface area contributed by atoms with Crippen molar-refractivity contribution < 1.29 is 0 Å². The van der Waals surface area contributed by atoms with Crippen molar-refractivity contribution in [2.75, 3.05) is 0 Å². The first-order chi connectivity index (χ1) is 12.4. The highest BCUT2D eigenvalue weighted by atomic mass is 32.2. The molecule has 2 heterocycles. The zero-order chi connectivity index (χ0) is 18.2. The molecule has 3 saturated carbocycles. The topological polar surface area (TPSA) is 0 Å². The lowest BCUT2D eigenvalue weighted by atomic mass is 9.82. The van der Waals surface area contributed by atoms with Crippen LogP contribution in [0.2, 0.25) is 24.2 Å². The molecule has 0 spiro atoms. The summed E-state index contributed by atoms with van der Waals surface area (Å²) in [7, 11) is -1.35. The Hall–Kier alpha value is 0.397. The van der Waals surface area contributed by atoms with Crippen LogP contribution in [0.3, 0.4) is 0 Å². The Balaban J connectivity index is 1.50. The molecule has 0 nitrogen and oxygen atoms in total. The number of hydrogen-bond donors (Lipinski definition) is 0. The second-order valence-corrected chi connectivity index (χ2v) is 18.5. The lowest BCUT2D eigenvalue weighted by Gasteiger charge is -2.46. The summed E-state index contributed by atoms with van der Waals surface area (Å²) in [5, 5.41) is 1.80. The van der Waals surface area contributed by atoms with E-state index in [9.17, 15) is 0 Å². The summed E-state index contributed by atoms with van der Waals surface area (Å²) >= 11 is 4.54. The highest BCUT2D eigenvalue weighted by Gasteiger charge is 2.62. The molecule has 3 aliphatic carbocycles. The molecule has 144 valence electrons. The van der Waals surface area contributed by atoms with Gasteiger partial charge in [0.25, 0.3) is 0 Å². The van der Waals surface area contributed by atoms with E-state index in [4.69, 9.17) is 0 Å². The molecule has 0 saturated heterocycles. The maximum absolute atomic E-state index is 2.83. The highest BCUT2D eigenvalue weighted by Crippen LogP contribution is 2.68. The van der Waals surface area contributed by atoms with Gasteiger partial charge in [0.2, 0.25) is 0 Å². The zero-order valence-electron chi connectivity index (χ0n) is 17.2. The van der Waals surface area contributed by atoms with Crippen LogP contribution in [-0.2, 0) is 0 Å².